The van der Waals surface area contributed by atoms with Crippen LogP contribution in [0.3, 0.4) is 0 Å². The summed E-state index contributed by atoms with van der Waals surface area (Å²) in [5.41, 5.74) is 5.90. The van der Waals surface area contributed by atoms with Crippen molar-refractivity contribution in [1.29, 1.82) is 0 Å². The van der Waals surface area contributed by atoms with Crippen LogP contribution >= 0.6 is 0 Å². The summed E-state index contributed by atoms with van der Waals surface area (Å²) >= 11 is 0. The van der Waals surface area contributed by atoms with Gasteiger partial charge in [-0.1, -0.05) is 0 Å². The molecule has 3 N–H and O–H groups in total. The van der Waals surface area contributed by atoms with Gasteiger partial charge < -0.3 is 10.8 Å². The van der Waals surface area contributed by atoms with Gasteiger partial charge in [-0.05, 0) is 24.1 Å². The van der Waals surface area contributed by atoms with Crippen LogP contribution in [0.25, 0.3) is 0 Å². The maximum Gasteiger partial charge on any atom is 0.314 e. The van der Waals surface area contributed by atoms with E-state index in [4.69, 9.17) is 5.73 Å². The van der Waals surface area contributed by atoms with E-state index in [9.17, 15) is 18.7 Å². The van der Waals surface area contributed by atoms with Crippen molar-refractivity contribution in [3.63, 3.8) is 0 Å². The van der Waals surface area contributed by atoms with Gasteiger partial charge in [0.2, 0.25) is 5.95 Å². The van der Waals surface area contributed by atoms with Crippen LogP contribution in [0.2, 0.25) is 0 Å². The lowest BCUT2D eigenvalue weighted by Crippen LogP contribution is -2.28. The average molecular weight is 294 g/mol. The van der Waals surface area contributed by atoms with E-state index in [1.807, 2.05) is 0 Å². The molecule has 6 nitrogen and oxygen atoms in total. The molecule has 2 aromatic rings. The van der Waals surface area contributed by atoms with Crippen LogP contribution in [0.1, 0.15) is 29.6 Å². The van der Waals surface area contributed by atoms with Gasteiger partial charge in [0.05, 0.1) is 6.54 Å². The zero-order chi connectivity index (χ0) is 15.1. The van der Waals surface area contributed by atoms with Crippen LogP contribution in [-0.2, 0) is 11.3 Å². The largest absolute Gasteiger partial charge is 0.481 e. The Kier molecular flexibility index (Phi) is 3.08. The molecule has 1 aromatic heterocycles. The number of rotatable bonds is 2. The van der Waals surface area contributed by atoms with E-state index in [0.717, 1.165) is 6.07 Å². The number of carbonyl (C=O) groups is 1. The number of carboxylic acid groups (broad SMARTS) is 1. The predicted molar refractivity (Wildman–Crippen MR) is 68.5 cm³/mol. The number of halogens is 2. The van der Waals surface area contributed by atoms with Crippen molar-refractivity contribution in [2.45, 2.75) is 24.8 Å². The standard InChI is InChI=1S/C13H12F2N4O2/c14-8-1-6(2-9(15)4-8)7-3-10(12(20)21)11-17-13(16)18-19(11)5-7/h1-2,4,7,10H,3,5H2,(H2,16,18)(H,20,21). The number of benzene rings is 1. The Balaban J connectivity index is 2.01. The molecular weight excluding hydrogens is 282 g/mol. The SMILES string of the molecule is Nc1nc2n(n1)CC(c1cc(F)cc(F)c1)CC2C(=O)O. The molecule has 0 saturated carbocycles. The molecule has 1 aromatic carbocycles. The molecule has 0 radical (unpaired) electrons. The quantitative estimate of drug-likeness (QED) is 0.875. The lowest BCUT2D eigenvalue weighted by molar-refractivity contribution is -0.139. The molecule has 0 fully saturated rings. The second-order valence-electron chi connectivity index (χ2n) is 5.04. The fourth-order valence-electron chi connectivity index (χ4n) is 2.70. The highest BCUT2D eigenvalue weighted by Crippen LogP contribution is 2.36. The van der Waals surface area contributed by atoms with E-state index in [1.54, 1.807) is 0 Å². The third-order valence-corrected chi connectivity index (χ3v) is 3.60. The average Bonchev–Trinajstić information content (AvgIpc) is 2.76. The molecular formula is C13H12F2N4O2. The third kappa shape index (κ3) is 2.44. The minimum absolute atomic E-state index is 0.0117. The van der Waals surface area contributed by atoms with Gasteiger partial charge in [0.25, 0.3) is 0 Å². The van der Waals surface area contributed by atoms with Gasteiger partial charge in [0.1, 0.15) is 23.4 Å². The highest BCUT2D eigenvalue weighted by atomic mass is 19.1. The highest BCUT2D eigenvalue weighted by Gasteiger charge is 2.35. The van der Waals surface area contributed by atoms with E-state index >= 15 is 0 Å². The smallest absolute Gasteiger partial charge is 0.314 e. The maximum absolute atomic E-state index is 13.3. The summed E-state index contributed by atoms with van der Waals surface area (Å²) in [6, 6.07) is 3.19. The topological polar surface area (TPSA) is 94.0 Å². The van der Waals surface area contributed by atoms with Gasteiger partial charge in [0, 0.05) is 12.0 Å². The fraction of sp³-hybridized carbons (Fsp3) is 0.308. The lowest BCUT2D eigenvalue weighted by Gasteiger charge is -2.27. The van der Waals surface area contributed by atoms with E-state index < -0.39 is 23.5 Å². The summed E-state index contributed by atoms with van der Waals surface area (Å²) in [5, 5.41) is 13.2. The first-order valence-corrected chi connectivity index (χ1v) is 6.33. The lowest BCUT2D eigenvalue weighted by atomic mass is 9.85. The normalized spacial score (nSPS) is 21.0. The summed E-state index contributed by atoms with van der Waals surface area (Å²) in [6.07, 6.45) is 0.191. The monoisotopic (exact) mass is 294 g/mol. The molecule has 0 spiro atoms. The number of aromatic nitrogens is 3. The molecule has 2 atom stereocenters. The number of fused-ring (bicyclic) bond motifs is 1. The van der Waals surface area contributed by atoms with E-state index in [-0.39, 0.29) is 30.7 Å². The van der Waals surface area contributed by atoms with Crippen LogP contribution in [0.4, 0.5) is 14.7 Å². The van der Waals surface area contributed by atoms with Gasteiger partial charge in [0.15, 0.2) is 0 Å². The summed E-state index contributed by atoms with van der Waals surface area (Å²) < 4.78 is 28.0. The minimum Gasteiger partial charge on any atom is -0.481 e. The second kappa shape index (κ2) is 4.80. The van der Waals surface area contributed by atoms with Crippen LogP contribution in [0, 0.1) is 11.6 Å². The van der Waals surface area contributed by atoms with Crippen molar-refractivity contribution in [2.75, 3.05) is 5.73 Å². The summed E-state index contributed by atoms with van der Waals surface area (Å²) in [5.74, 6) is -3.47. The van der Waals surface area contributed by atoms with E-state index in [2.05, 4.69) is 10.1 Å². The van der Waals surface area contributed by atoms with Gasteiger partial charge >= 0.3 is 5.97 Å². The summed E-state index contributed by atoms with van der Waals surface area (Å²) in [7, 11) is 0. The Morgan fingerprint density at radius 1 is 1.33 bits per heavy atom. The van der Waals surface area contributed by atoms with Crippen LogP contribution < -0.4 is 5.73 Å². The molecule has 2 heterocycles. The molecule has 1 aliphatic heterocycles. The van der Waals surface area contributed by atoms with E-state index in [0.29, 0.717) is 5.56 Å². The Bertz CT molecular complexity index is 696. The first-order chi connectivity index (χ1) is 9.94. The number of hydrogen-bond acceptors (Lipinski definition) is 4. The molecule has 3 rings (SSSR count). The molecule has 21 heavy (non-hydrogen) atoms. The van der Waals surface area contributed by atoms with Crippen molar-refractivity contribution >= 4 is 11.9 Å². The first kappa shape index (κ1) is 13.5. The van der Waals surface area contributed by atoms with Gasteiger partial charge in [-0.15, -0.1) is 5.10 Å². The molecule has 110 valence electrons. The number of nitrogens with zero attached hydrogens (tertiary/aromatic N) is 3. The first-order valence-electron chi connectivity index (χ1n) is 6.33. The zero-order valence-corrected chi connectivity index (χ0v) is 10.8. The molecule has 2 unspecified atom stereocenters. The van der Waals surface area contributed by atoms with Crippen molar-refractivity contribution in [3.8, 4) is 0 Å². The summed E-state index contributed by atoms with van der Waals surface area (Å²) in [6.45, 7) is 0.284. The number of nitrogens with two attached hydrogens (primary N) is 1. The Morgan fingerprint density at radius 2 is 2.00 bits per heavy atom. The fourth-order valence-corrected chi connectivity index (χ4v) is 2.70. The van der Waals surface area contributed by atoms with Gasteiger partial charge in [-0.3, -0.25) is 4.79 Å². The number of anilines is 1. The van der Waals surface area contributed by atoms with Crippen molar-refractivity contribution < 1.29 is 18.7 Å². The molecule has 0 bridgehead atoms. The Labute approximate surface area is 118 Å². The third-order valence-electron chi connectivity index (χ3n) is 3.60. The van der Waals surface area contributed by atoms with Crippen LogP contribution in [0.15, 0.2) is 18.2 Å². The highest BCUT2D eigenvalue weighted by molar-refractivity contribution is 5.75. The Hall–Kier alpha value is -2.51. The Morgan fingerprint density at radius 3 is 2.62 bits per heavy atom. The molecule has 8 heteroatoms. The van der Waals surface area contributed by atoms with Crippen LogP contribution in [-0.4, -0.2) is 25.8 Å². The molecule has 0 saturated heterocycles. The number of hydrogen-bond donors (Lipinski definition) is 2. The molecule has 0 amide bonds. The van der Waals surface area contributed by atoms with Crippen molar-refractivity contribution in [1.82, 2.24) is 14.8 Å². The van der Waals surface area contributed by atoms with Crippen molar-refractivity contribution in [2.24, 2.45) is 0 Å². The van der Waals surface area contributed by atoms with E-state index in [1.165, 1.54) is 16.8 Å². The summed E-state index contributed by atoms with van der Waals surface area (Å²) in [4.78, 5) is 15.3. The van der Waals surface area contributed by atoms with Crippen molar-refractivity contribution in [3.05, 3.63) is 41.2 Å². The zero-order valence-electron chi connectivity index (χ0n) is 10.8. The van der Waals surface area contributed by atoms with Crippen LogP contribution in [0.5, 0.6) is 0 Å². The minimum atomic E-state index is -1.06. The van der Waals surface area contributed by atoms with Gasteiger partial charge in [-0.2, -0.15) is 4.98 Å². The number of nitrogen functional groups attached to an aromatic ring is 1. The second-order valence-corrected chi connectivity index (χ2v) is 5.04. The number of aliphatic carboxylic acids is 1. The number of carboxylic acids is 1. The van der Waals surface area contributed by atoms with Gasteiger partial charge in [-0.25, -0.2) is 13.5 Å². The molecule has 1 aliphatic rings. The predicted octanol–water partition coefficient (Wildman–Crippen LogP) is 1.49. The molecule has 0 aliphatic carbocycles. The maximum atomic E-state index is 13.3.